The highest BCUT2D eigenvalue weighted by Crippen LogP contribution is 2.19. The minimum atomic E-state index is -0.473. The van der Waals surface area contributed by atoms with Crippen molar-refractivity contribution in [2.45, 2.75) is 44.9 Å². The van der Waals surface area contributed by atoms with Crippen LogP contribution in [0.2, 0.25) is 0 Å². The minimum Gasteiger partial charge on any atom is -1.00 e. The second-order valence-corrected chi connectivity index (χ2v) is 8.91. The fourth-order valence-corrected chi connectivity index (χ4v) is 3.35. The highest BCUT2D eigenvalue weighted by atomic mass is 127. The number of rotatable bonds is 14. The molecule has 2 aromatic carbocycles. The van der Waals surface area contributed by atoms with E-state index < -0.39 is 5.91 Å². The zero-order chi connectivity index (χ0) is 23.4. The molecule has 0 fully saturated rings. The Bertz CT molecular complexity index is 863. The van der Waals surface area contributed by atoms with Gasteiger partial charge in [0, 0.05) is 0 Å². The Morgan fingerprint density at radius 1 is 0.818 bits per heavy atom. The van der Waals surface area contributed by atoms with Crippen molar-refractivity contribution < 1.29 is 43.0 Å². The van der Waals surface area contributed by atoms with Gasteiger partial charge in [0.2, 0.25) is 0 Å². The number of nitrogens with zero attached hydrogens (tertiary/aromatic N) is 1. The van der Waals surface area contributed by atoms with Gasteiger partial charge in [-0.05, 0) is 42.7 Å². The molecule has 0 aliphatic rings. The number of primary amides is 1. The van der Waals surface area contributed by atoms with Crippen LogP contribution in [0.1, 0.15) is 54.4 Å². The van der Waals surface area contributed by atoms with Crippen LogP contribution >= 0.6 is 0 Å². The van der Waals surface area contributed by atoms with E-state index in [1.165, 1.54) is 5.69 Å². The third kappa shape index (κ3) is 11.0. The molecule has 0 bridgehead atoms. The van der Waals surface area contributed by atoms with Crippen LogP contribution in [0.5, 0.6) is 5.75 Å². The maximum absolute atomic E-state index is 12.0. The van der Waals surface area contributed by atoms with Crippen molar-refractivity contribution in [3.8, 4) is 5.75 Å². The van der Waals surface area contributed by atoms with Crippen LogP contribution in [0.4, 0.5) is 5.69 Å². The molecule has 33 heavy (non-hydrogen) atoms. The molecule has 2 rings (SSSR count). The summed E-state index contributed by atoms with van der Waals surface area (Å²) in [6, 6.07) is 15.2. The Morgan fingerprint density at radius 2 is 1.39 bits per heavy atom. The van der Waals surface area contributed by atoms with Crippen LogP contribution < -0.4 is 38.9 Å². The van der Waals surface area contributed by atoms with E-state index in [2.05, 4.69) is 33.3 Å². The number of halogens is 1. The van der Waals surface area contributed by atoms with Crippen molar-refractivity contribution in [1.29, 1.82) is 0 Å². The lowest BCUT2D eigenvalue weighted by Crippen LogP contribution is -3.00. The summed E-state index contributed by atoms with van der Waals surface area (Å²) < 4.78 is 11.8. The number of quaternary nitrogens is 1. The number of carbonyl (C=O) groups is 2. The highest BCUT2D eigenvalue weighted by Gasteiger charge is 2.12. The molecule has 6 nitrogen and oxygen atoms in total. The monoisotopic (exact) mass is 568 g/mol. The molecule has 0 saturated heterocycles. The summed E-state index contributed by atoms with van der Waals surface area (Å²) in [5, 5.41) is 0. The molecule has 0 atom stereocenters. The Labute approximate surface area is 215 Å². The van der Waals surface area contributed by atoms with Gasteiger partial charge in [0.25, 0.3) is 5.91 Å². The molecular weight excluding hydrogens is 531 g/mol. The summed E-state index contributed by atoms with van der Waals surface area (Å²) in [7, 11) is 6.34. The molecular formula is C26H37IN2O4. The van der Waals surface area contributed by atoms with Gasteiger partial charge < -0.3 is 39.2 Å². The Morgan fingerprint density at radius 3 is 2.00 bits per heavy atom. The number of hydrogen-bond acceptors (Lipinski definition) is 4. The number of amides is 1. The maximum Gasteiger partial charge on any atom is 0.310 e. The fourth-order valence-electron chi connectivity index (χ4n) is 3.35. The van der Waals surface area contributed by atoms with E-state index in [0.717, 1.165) is 48.6 Å². The van der Waals surface area contributed by atoms with E-state index >= 15 is 0 Å². The van der Waals surface area contributed by atoms with Crippen molar-refractivity contribution in [3.63, 3.8) is 0 Å². The predicted molar refractivity (Wildman–Crippen MR) is 129 cm³/mol. The molecule has 0 radical (unpaired) electrons. The van der Waals surface area contributed by atoms with Gasteiger partial charge in [-0.3, -0.25) is 14.1 Å². The zero-order valence-corrected chi connectivity index (χ0v) is 22.2. The van der Waals surface area contributed by atoms with Gasteiger partial charge in [-0.25, -0.2) is 0 Å². The quantitative estimate of drug-likeness (QED) is 0.162. The van der Waals surface area contributed by atoms with E-state index in [1.54, 1.807) is 18.2 Å². The molecule has 0 aliphatic heterocycles. The number of hydrogen-bond donors (Lipinski definition) is 1. The minimum absolute atomic E-state index is 0. The number of nitrogens with two attached hydrogens (primary N) is 1. The maximum atomic E-state index is 12.0. The summed E-state index contributed by atoms with van der Waals surface area (Å²) in [4.78, 5) is 23.4. The largest absolute Gasteiger partial charge is 1.00 e. The van der Waals surface area contributed by atoms with Gasteiger partial charge in [-0.2, -0.15) is 0 Å². The Kier molecular flexibility index (Phi) is 13.1. The molecule has 0 aromatic heterocycles. The average molecular weight is 568 g/mol. The van der Waals surface area contributed by atoms with Crippen LogP contribution in [-0.4, -0.2) is 46.2 Å². The second-order valence-electron chi connectivity index (χ2n) is 8.91. The Balaban J connectivity index is 0.00000544. The number of benzene rings is 2. The third-order valence-electron chi connectivity index (χ3n) is 5.27. The van der Waals surface area contributed by atoms with Crippen molar-refractivity contribution in [3.05, 3.63) is 59.7 Å². The first-order valence-corrected chi connectivity index (χ1v) is 11.4. The summed E-state index contributed by atoms with van der Waals surface area (Å²) in [5.41, 5.74) is 7.95. The molecule has 1 amide bonds. The molecule has 2 aromatic rings. The first-order chi connectivity index (χ1) is 15.3. The van der Waals surface area contributed by atoms with E-state index in [1.807, 2.05) is 18.2 Å². The van der Waals surface area contributed by atoms with Crippen LogP contribution in [0.15, 0.2) is 48.5 Å². The lowest BCUT2D eigenvalue weighted by atomic mass is 10.1. The fraction of sp³-hybridized carbons (Fsp3) is 0.462. The zero-order valence-electron chi connectivity index (χ0n) is 20.0. The second kappa shape index (κ2) is 14.9. The van der Waals surface area contributed by atoms with Crippen molar-refractivity contribution in [2.24, 2.45) is 5.73 Å². The summed E-state index contributed by atoms with van der Waals surface area (Å²) >= 11 is 0. The molecule has 2 N–H and O–H groups in total. The van der Waals surface area contributed by atoms with Crippen LogP contribution in [0.25, 0.3) is 0 Å². The Hall–Kier alpha value is -2.13. The SMILES string of the molecule is C[N+](C)(C)c1ccc(CC(=O)OCCCCCCCCOc2ccccc2C(N)=O)cc1.[I-]. The van der Waals surface area contributed by atoms with Gasteiger partial charge in [-0.15, -0.1) is 0 Å². The van der Waals surface area contributed by atoms with Gasteiger partial charge in [-0.1, -0.05) is 49.9 Å². The normalized spacial score (nSPS) is 10.9. The first kappa shape index (κ1) is 28.9. The van der Waals surface area contributed by atoms with Gasteiger partial charge in [0.15, 0.2) is 0 Å². The summed E-state index contributed by atoms with van der Waals surface area (Å²) in [6.07, 6.45) is 6.42. The smallest absolute Gasteiger partial charge is 0.310 e. The van der Waals surface area contributed by atoms with Crippen molar-refractivity contribution in [1.82, 2.24) is 4.48 Å². The average Bonchev–Trinajstić information content (AvgIpc) is 2.75. The number of esters is 1. The number of ether oxygens (including phenoxy) is 2. The molecule has 0 unspecified atom stereocenters. The summed E-state index contributed by atoms with van der Waals surface area (Å²) in [6.45, 7) is 1.04. The van der Waals surface area contributed by atoms with Crippen molar-refractivity contribution >= 4 is 17.6 Å². The third-order valence-corrected chi connectivity index (χ3v) is 5.27. The molecule has 0 aliphatic carbocycles. The topological polar surface area (TPSA) is 78.6 Å². The van der Waals surface area contributed by atoms with Crippen molar-refractivity contribution in [2.75, 3.05) is 34.4 Å². The van der Waals surface area contributed by atoms with Crippen LogP contribution in [0, 0.1) is 0 Å². The predicted octanol–water partition coefficient (Wildman–Crippen LogP) is 1.49. The molecule has 7 heteroatoms. The van der Waals surface area contributed by atoms with Gasteiger partial charge in [0.1, 0.15) is 11.4 Å². The van der Waals surface area contributed by atoms with Gasteiger partial charge >= 0.3 is 5.97 Å². The van der Waals surface area contributed by atoms with Gasteiger partial charge in [0.05, 0.1) is 46.3 Å². The number of para-hydroxylation sites is 1. The summed E-state index contributed by atoms with van der Waals surface area (Å²) in [5.74, 6) is -0.0958. The molecule has 0 saturated carbocycles. The first-order valence-electron chi connectivity index (χ1n) is 11.4. The lowest BCUT2D eigenvalue weighted by Gasteiger charge is -2.23. The molecule has 0 spiro atoms. The van der Waals surface area contributed by atoms with E-state index in [4.69, 9.17) is 15.2 Å². The molecule has 182 valence electrons. The van der Waals surface area contributed by atoms with Crippen LogP contribution in [-0.2, 0) is 16.0 Å². The highest BCUT2D eigenvalue weighted by molar-refractivity contribution is 5.95. The van der Waals surface area contributed by atoms with E-state index in [9.17, 15) is 9.59 Å². The van der Waals surface area contributed by atoms with E-state index in [0.29, 0.717) is 30.9 Å². The molecule has 0 heterocycles. The lowest BCUT2D eigenvalue weighted by molar-refractivity contribution is -0.142. The number of unbranched alkanes of at least 4 members (excludes halogenated alkanes) is 5. The van der Waals surface area contributed by atoms with E-state index in [-0.39, 0.29) is 29.9 Å². The number of carbonyl (C=O) groups excluding carboxylic acids is 2. The standard InChI is InChI=1S/C26H36N2O4.HI/c1-28(2,3)22-16-14-21(15-17-22)20-25(29)32-19-11-7-5-4-6-10-18-31-24-13-9-8-12-23(24)26(27)30;/h8-9,12-17H,4-7,10-11,18-20H2,1-3H3,(H-,27,30);1H. The van der Waals surface area contributed by atoms with Crippen LogP contribution in [0.3, 0.4) is 0 Å².